The summed E-state index contributed by atoms with van der Waals surface area (Å²) >= 11 is 25.4. The number of carbonyl (C=O) groups is 3. The Morgan fingerprint density at radius 1 is 0.857 bits per heavy atom. The molecule has 0 unspecified atom stereocenters. The van der Waals surface area contributed by atoms with Gasteiger partial charge in [0.2, 0.25) is 5.91 Å². The van der Waals surface area contributed by atoms with Crippen LogP contribution in [0.3, 0.4) is 0 Å². The molecule has 3 aromatic carbocycles. The highest BCUT2D eigenvalue weighted by Gasteiger charge is 2.29. The van der Waals surface area contributed by atoms with E-state index in [2.05, 4.69) is 10.6 Å². The summed E-state index contributed by atoms with van der Waals surface area (Å²) in [6.07, 6.45) is 0. The zero-order chi connectivity index (χ0) is 25.9. The largest absolute Gasteiger partial charge is 0.478 e. The van der Waals surface area contributed by atoms with Crippen molar-refractivity contribution < 1.29 is 19.5 Å². The first-order chi connectivity index (χ1) is 16.5. The Balaban J connectivity index is 1.75. The van der Waals surface area contributed by atoms with Crippen molar-refractivity contribution in [2.24, 2.45) is 0 Å². The van der Waals surface area contributed by atoms with Gasteiger partial charge < -0.3 is 15.7 Å². The number of nitrogens with one attached hydrogen (secondary N) is 2. The van der Waals surface area contributed by atoms with Crippen molar-refractivity contribution in [3.05, 3.63) is 84.8 Å². The van der Waals surface area contributed by atoms with Gasteiger partial charge in [-0.1, -0.05) is 64.6 Å². The molecule has 0 saturated heterocycles. The topological polar surface area (TPSA) is 95.5 Å². The molecule has 0 radical (unpaired) electrons. The predicted octanol–water partition coefficient (Wildman–Crippen LogP) is 7.60. The number of carboxylic acid groups (broad SMARTS) is 1. The van der Waals surface area contributed by atoms with E-state index in [9.17, 15) is 19.5 Å². The van der Waals surface area contributed by atoms with Gasteiger partial charge in [0.25, 0.3) is 5.91 Å². The lowest BCUT2D eigenvalue weighted by molar-refractivity contribution is -0.113. The fraction of sp³-hybridized carbons (Fsp3) is 0.125. The summed E-state index contributed by atoms with van der Waals surface area (Å²) in [4.78, 5) is 37.8. The maximum absolute atomic E-state index is 12.9. The Morgan fingerprint density at radius 2 is 1.51 bits per heavy atom. The number of hydrogen-bond acceptors (Lipinski definition) is 4. The molecule has 0 spiro atoms. The van der Waals surface area contributed by atoms with Crippen molar-refractivity contribution in [1.82, 2.24) is 0 Å². The van der Waals surface area contributed by atoms with Gasteiger partial charge in [-0.05, 0) is 49.2 Å². The predicted molar refractivity (Wildman–Crippen MR) is 143 cm³/mol. The van der Waals surface area contributed by atoms with E-state index >= 15 is 0 Å². The molecule has 3 N–H and O–H groups in total. The van der Waals surface area contributed by atoms with Gasteiger partial charge in [-0.3, -0.25) is 9.59 Å². The van der Waals surface area contributed by atoms with E-state index in [0.29, 0.717) is 10.6 Å². The summed E-state index contributed by atoms with van der Waals surface area (Å²) < 4.78 is 0. The van der Waals surface area contributed by atoms with E-state index in [0.717, 1.165) is 16.8 Å². The van der Waals surface area contributed by atoms with E-state index < -0.39 is 28.0 Å². The molecule has 0 heterocycles. The summed E-state index contributed by atoms with van der Waals surface area (Å²) in [5.41, 5.74) is 2.13. The molecule has 35 heavy (non-hydrogen) atoms. The molecule has 0 bridgehead atoms. The van der Waals surface area contributed by atoms with Crippen LogP contribution in [0.4, 0.5) is 11.4 Å². The molecule has 0 aromatic heterocycles. The van der Waals surface area contributed by atoms with Gasteiger partial charge in [-0.15, -0.1) is 11.8 Å². The van der Waals surface area contributed by atoms with Crippen molar-refractivity contribution in [2.45, 2.75) is 18.7 Å². The highest BCUT2D eigenvalue weighted by Crippen LogP contribution is 2.42. The smallest absolute Gasteiger partial charge is 0.338 e. The highest BCUT2D eigenvalue weighted by atomic mass is 35.5. The molecule has 0 atom stereocenters. The first kappa shape index (κ1) is 27.2. The van der Waals surface area contributed by atoms with Gasteiger partial charge in [-0.25, -0.2) is 4.79 Å². The first-order valence-corrected chi connectivity index (χ1v) is 12.5. The van der Waals surface area contributed by atoms with Crippen LogP contribution in [0.25, 0.3) is 0 Å². The van der Waals surface area contributed by atoms with Crippen LogP contribution in [0.1, 0.15) is 31.8 Å². The van der Waals surface area contributed by atoms with Gasteiger partial charge in [-0.2, -0.15) is 0 Å². The molecule has 0 fully saturated rings. The van der Waals surface area contributed by atoms with Gasteiger partial charge in [0.15, 0.2) is 0 Å². The van der Waals surface area contributed by atoms with Gasteiger partial charge in [0, 0.05) is 16.3 Å². The number of amides is 2. The van der Waals surface area contributed by atoms with Crippen LogP contribution in [0.5, 0.6) is 0 Å². The maximum Gasteiger partial charge on any atom is 0.338 e. The number of hydrogen-bond donors (Lipinski definition) is 3. The molecule has 2 amide bonds. The minimum atomic E-state index is -1.49. The zero-order valence-corrected chi connectivity index (χ0v) is 22.2. The number of benzene rings is 3. The zero-order valence-electron chi connectivity index (χ0n) is 18.3. The molecule has 0 saturated carbocycles. The lowest BCUT2D eigenvalue weighted by Gasteiger charge is -2.14. The molecule has 182 valence electrons. The van der Waals surface area contributed by atoms with Crippen LogP contribution in [0.2, 0.25) is 20.1 Å². The SMILES string of the molecule is Cc1ccc(C)c(NC(=O)CSc2cccc(NC(=O)c3c(Cl)c(Cl)c(Cl)c(Cl)c3C(=O)O)c2)c1. The first-order valence-electron chi connectivity index (χ1n) is 10.00. The molecular formula is C24H18Cl4N2O4S. The number of aryl methyl sites for hydroxylation is 2. The number of anilines is 2. The van der Waals surface area contributed by atoms with Crippen molar-refractivity contribution >= 4 is 87.3 Å². The molecule has 0 aliphatic heterocycles. The quantitative estimate of drug-likeness (QED) is 0.154. The minimum Gasteiger partial charge on any atom is -0.478 e. The lowest BCUT2D eigenvalue weighted by atomic mass is 10.1. The summed E-state index contributed by atoms with van der Waals surface area (Å²) in [6.45, 7) is 3.86. The van der Waals surface area contributed by atoms with Gasteiger partial charge in [0.1, 0.15) is 0 Å². The third-order valence-corrected chi connectivity index (χ3v) is 7.63. The van der Waals surface area contributed by atoms with Crippen LogP contribution >= 0.6 is 58.2 Å². The van der Waals surface area contributed by atoms with Crippen LogP contribution in [-0.2, 0) is 4.79 Å². The van der Waals surface area contributed by atoms with Crippen molar-refractivity contribution in [3.8, 4) is 0 Å². The Morgan fingerprint density at radius 3 is 2.17 bits per heavy atom. The molecule has 0 aliphatic rings. The summed E-state index contributed by atoms with van der Waals surface area (Å²) in [5, 5.41) is 13.8. The number of rotatable bonds is 7. The third-order valence-electron chi connectivity index (χ3n) is 4.84. The Hall–Kier alpha value is -2.42. The second-order valence-corrected chi connectivity index (χ2v) is 10.0. The molecule has 6 nitrogen and oxygen atoms in total. The van der Waals surface area contributed by atoms with Crippen LogP contribution in [0.15, 0.2) is 47.4 Å². The lowest BCUT2D eigenvalue weighted by Crippen LogP contribution is -2.18. The maximum atomic E-state index is 12.9. The van der Waals surface area contributed by atoms with Crippen molar-refractivity contribution in [2.75, 3.05) is 16.4 Å². The fourth-order valence-corrected chi connectivity index (χ4v) is 4.88. The highest BCUT2D eigenvalue weighted by molar-refractivity contribution is 8.00. The third kappa shape index (κ3) is 6.42. The monoisotopic (exact) mass is 570 g/mol. The van der Waals surface area contributed by atoms with Crippen LogP contribution in [-0.4, -0.2) is 28.6 Å². The Bertz CT molecular complexity index is 1350. The second kappa shape index (κ2) is 11.5. The van der Waals surface area contributed by atoms with Crippen LogP contribution in [0, 0.1) is 13.8 Å². The van der Waals surface area contributed by atoms with Gasteiger partial charge >= 0.3 is 5.97 Å². The van der Waals surface area contributed by atoms with E-state index in [4.69, 9.17) is 46.4 Å². The summed E-state index contributed by atoms with van der Waals surface area (Å²) in [6, 6.07) is 12.5. The molecule has 11 heteroatoms. The van der Waals surface area contributed by atoms with E-state index in [1.165, 1.54) is 11.8 Å². The molecule has 3 aromatic rings. The summed E-state index contributed by atoms with van der Waals surface area (Å²) in [5.74, 6) is -2.36. The van der Waals surface area contributed by atoms with E-state index in [1.807, 2.05) is 32.0 Å². The molecule has 0 aliphatic carbocycles. The van der Waals surface area contributed by atoms with E-state index in [1.54, 1.807) is 24.3 Å². The normalized spacial score (nSPS) is 10.7. The van der Waals surface area contributed by atoms with Crippen LogP contribution < -0.4 is 10.6 Å². The number of halogens is 4. The summed E-state index contributed by atoms with van der Waals surface area (Å²) in [7, 11) is 0. The number of carboxylic acids is 1. The Labute approximate surface area is 225 Å². The molecular weight excluding hydrogens is 554 g/mol. The number of aromatic carboxylic acids is 1. The average Bonchev–Trinajstić information content (AvgIpc) is 2.80. The van der Waals surface area contributed by atoms with Crippen molar-refractivity contribution in [1.29, 1.82) is 0 Å². The minimum absolute atomic E-state index is 0.141. The molecule has 3 rings (SSSR count). The second-order valence-electron chi connectivity index (χ2n) is 7.45. The number of thioether (sulfide) groups is 1. The standard InChI is InChI=1S/C24H18Cl4N2O4S/c1-11-6-7-12(2)15(8-11)30-16(31)10-35-14-5-3-4-13(9-14)29-23(32)17-18(24(33)34)20(26)22(28)21(27)19(17)25/h3-9H,10H2,1-2H3,(H,29,32)(H,30,31)(H,33,34). The number of carbonyl (C=O) groups excluding carboxylic acids is 2. The van der Waals surface area contributed by atoms with E-state index in [-0.39, 0.29) is 26.7 Å². The van der Waals surface area contributed by atoms with Crippen molar-refractivity contribution in [3.63, 3.8) is 0 Å². The van der Waals surface area contributed by atoms with Gasteiger partial charge in [0.05, 0.1) is 37.0 Å². The Kier molecular flexibility index (Phi) is 8.96. The fourth-order valence-electron chi connectivity index (χ4n) is 3.11. The average molecular weight is 572 g/mol.